The van der Waals surface area contributed by atoms with E-state index in [0.29, 0.717) is 0 Å². The van der Waals surface area contributed by atoms with Crippen LogP contribution in [0.1, 0.15) is 0 Å². The van der Waals surface area contributed by atoms with E-state index in [1.165, 1.54) is 24.3 Å². The Morgan fingerprint density at radius 1 is 0.552 bits per heavy atom. The number of hydrogen-bond donors (Lipinski definition) is 2. The molecule has 0 amide bonds. The molecule has 29 heavy (non-hydrogen) atoms. The van der Waals surface area contributed by atoms with E-state index >= 15 is 0 Å². The normalized spacial score (nSPS) is 11.4. The van der Waals surface area contributed by atoms with Crippen LogP contribution in [0.25, 0.3) is 0 Å². The summed E-state index contributed by atoms with van der Waals surface area (Å²) < 4.78 is 63.4. The van der Waals surface area contributed by atoms with Crippen molar-refractivity contribution in [3.63, 3.8) is 0 Å². The summed E-state index contributed by atoms with van der Waals surface area (Å²) in [6.07, 6.45) is 0. The molecule has 0 bridgehead atoms. The maximum Gasteiger partial charge on any atom is 0.294 e. The second-order valence-corrected chi connectivity index (χ2v) is 10.7. The van der Waals surface area contributed by atoms with Gasteiger partial charge < -0.3 is 5.48 Å². The van der Waals surface area contributed by atoms with Crippen LogP contribution in [-0.4, -0.2) is 82.8 Å². The van der Waals surface area contributed by atoms with Gasteiger partial charge in [-0.25, -0.2) is 0 Å². The van der Waals surface area contributed by atoms with E-state index < -0.39 is 28.2 Å². The fourth-order valence-electron chi connectivity index (χ4n) is 2.56. The Balaban J connectivity index is 0.00000210. The molecule has 7 nitrogen and oxygen atoms in total. The summed E-state index contributed by atoms with van der Waals surface area (Å²) in [5.41, 5.74) is 0. The van der Waals surface area contributed by atoms with Gasteiger partial charge in [0.1, 0.15) is 0 Å². The van der Waals surface area contributed by atoms with E-state index in [0.717, 1.165) is 15.9 Å². The van der Waals surface area contributed by atoms with Crippen LogP contribution in [0.15, 0.2) is 88.7 Å². The Bertz CT molecular complexity index is 1070. The number of hydrogen-bond acceptors (Lipinski definition) is 4. The summed E-state index contributed by atoms with van der Waals surface area (Å²) >= 11 is 0. The Labute approximate surface area is 213 Å². The van der Waals surface area contributed by atoms with Gasteiger partial charge in [0, 0.05) is 51.4 Å². The minimum absolute atomic E-state index is 0. The van der Waals surface area contributed by atoms with Gasteiger partial charge in [-0.05, 0) is 48.1 Å². The molecule has 11 heteroatoms. The van der Waals surface area contributed by atoms with Gasteiger partial charge in [0.25, 0.3) is 20.2 Å². The molecule has 0 heterocycles. The van der Waals surface area contributed by atoms with E-state index in [9.17, 15) is 16.8 Å². The van der Waals surface area contributed by atoms with Gasteiger partial charge in [0.2, 0.25) is 0 Å². The third kappa shape index (κ3) is 6.75. The first-order chi connectivity index (χ1) is 12.7. The molecule has 4 N–H and O–H groups in total. The van der Waals surface area contributed by atoms with Crippen LogP contribution >= 0.6 is 7.92 Å². The monoisotopic (exact) mass is 479 g/mol. The number of benzene rings is 3. The number of rotatable bonds is 5. The van der Waals surface area contributed by atoms with Crippen molar-refractivity contribution in [1.29, 1.82) is 0 Å². The first kappa shape index (κ1) is 26.5. The maximum absolute atomic E-state index is 11.3. The van der Waals surface area contributed by atoms with Crippen molar-refractivity contribution in [1.82, 2.24) is 0 Å². The van der Waals surface area contributed by atoms with E-state index in [-0.39, 0.29) is 66.7 Å². The second kappa shape index (κ2) is 10.7. The summed E-state index contributed by atoms with van der Waals surface area (Å²) in [4.78, 5) is -0.396. The summed E-state index contributed by atoms with van der Waals surface area (Å²) in [6, 6.07) is 21.3. The van der Waals surface area contributed by atoms with Crippen LogP contribution in [0, 0.1) is 0 Å². The minimum atomic E-state index is -4.28. The van der Waals surface area contributed by atoms with E-state index in [2.05, 4.69) is 0 Å². The molecule has 0 aromatic heterocycles. The van der Waals surface area contributed by atoms with Gasteiger partial charge >= 0.3 is 0 Å². The zero-order chi connectivity index (χ0) is 19.7. The molecule has 0 aliphatic rings. The zero-order valence-electron chi connectivity index (χ0n) is 15.3. The predicted octanol–water partition coefficient (Wildman–Crippen LogP) is 0.733. The molecule has 1 radical (unpaired) electrons. The van der Waals surface area contributed by atoms with Gasteiger partial charge in [-0.3, -0.25) is 9.11 Å². The van der Waals surface area contributed by atoms with E-state index in [1.54, 1.807) is 24.3 Å². The Hall–Kier alpha value is -0.494. The molecule has 0 spiro atoms. The Morgan fingerprint density at radius 3 is 1.17 bits per heavy atom. The SMILES string of the molecule is O.O=S(=O)(O)c1ccc(P(c2ccccc2)c2ccc(S(=O)(=O)O)cc2)cc1.[K]. The van der Waals surface area contributed by atoms with Gasteiger partial charge in [0.15, 0.2) is 0 Å². The van der Waals surface area contributed by atoms with Crippen molar-refractivity contribution in [2.45, 2.75) is 9.79 Å². The van der Waals surface area contributed by atoms with Crippen molar-refractivity contribution < 1.29 is 31.4 Å². The van der Waals surface area contributed by atoms with Crippen LogP contribution < -0.4 is 15.9 Å². The molecular weight excluding hydrogens is 462 g/mol. The fraction of sp³-hybridized carbons (Fsp3) is 0. The maximum atomic E-state index is 11.3. The van der Waals surface area contributed by atoms with Crippen LogP contribution in [0.3, 0.4) is 0 Å². The Kier molecular flexibility index (Phi) is 9.79. The molecule has 0 fully saturated rings. The second-order valence-electron chi connectivity index (χ2n) is 5.61. The zero-order valence-corrected chi connectivity index (χ0v) is 20.9. The standard InChI is InChI=1S/C18H15O6PS2.K.H2O/c19-26(20,21)17-10-6-15(7-11-17)25(14-4-2-1-3-5-14)16-8-12-18(13-9-16)27(22,23)24;;/h1-13H,(H,19,20,21)(H,22,23,24);;1H2. The fourth-order valence-corrected chi connectivity index (χ4v) is 5.78. The molecule has 0 aliphatic carbocycles. The smallest absolute Gasteiger partial charge is 0.294 e. The summed E-state index contributed by atoms with van der Waals surface area (Å²) in [5.74, 6) is 0. The summed E-state index contributed by atoms with van der Waals surface area (Å²) in [7, 11) is -9.66. The molecule has 3 aromatic carbocycles. The largest absolute Gasteiger partial charge is 0.412 e. The van der Waals surface area contributed by atoms with E-state index in [4.69, 9.17) is 9.11 Å². The molecule has 0 atom stereocenters. The third-order valence-electron chi connectivity index (χ3n) is 3.80. The van der Waals surface area contributed by atoms with Crippen molar-refractivity contribution in [2.24, 2.45) is 0 Å². The van der Waals surface area contributed by atoms with Gasteiger partial charge in [0.05, 0.1) is 9.79 Å². The van der Waals surface area contributed by atoms with Gasteiger partial charge in [-0.1, -0.05) is 54.6 Å². The van der Waals surface area contributed by atoms with Gasteiger partial charge in [-0.15, -0.1) is 0 Å². The molecular formula is C18H17KO7PS2. The van der Waals surface area contributed by atoms with Crippen molar-refractivity contribution >= 4 is 95.5 Å². The molecule has 0 unspecified atom stereocenters. The molecule has 0 saturated heterocycles. The average Bonchev–Trinajstić information content (AvgIpc) is 2.62. The molecule has 3 rings (SSSR count). The third-order valence-corrected chi connectivity index (χ3v) is 7.98. The predicted molar refractivity (Wildman–Crippen MR) is 114 cm³/mol. The molecule has 0 aliphatic heterocycles. The van der Waals surface area contributed by atoms with Crippen LogP contribution in [0.2, 0.25) is 0 Å². The van der Waals surface area contributed by atoms with Crippen molar-refractivity contribution in [3.8, 4) is 0 Å². The topological polar surface area (TPSA) is 140 Å². The quantitative estimate of drug-likeness (QED) is 0.314. The molecule has 3 aromatic rings. The van der Waals surface area contributed by atoms with Gasteiger partial charge in [-0.2, -0.15) is 16.8 Å². The summed E-state index contributed by atoms with van der Waals surface area (Å²) in [6.45, 7) is 0. The van der Waals surface area contributed by atoms with Crippen molar-refractivity contribution in [3.05, 3.63) is 78.9 Å². The first-order valence-electron chi connectivity index (χ1n) is 7.66. The van der Waals surface area contributed by atoms with Crippen LogP contribution in [0.4, 0.5) is 0 Å². The first-order valence-corrected chi connectivity index (χ1v) is 11.9. The minimum Gasteiger partial charge on any atom is -0.412 e. The van der Waals surface area contributed by atoms with Crippen molar-refractivity contribution in [2.75, 3.05) is 0 Å². The van der Waals surface area contributed by atoms with Crippen LogP contribution in [0.5, 0.6) is 0 Å². The summed E-state index contributed by atoms with van der Waals surface area (Å²) in [5, 5.41) is 2.62. The van der Waals surface area contributed by atoms with Crippen LogP contribution in [-0.2, 0) is 20.2 Å². The Morgan fingerprint density at radius 2 is 0.862 bits per heavy atom. The molecule has 0 saturated carbocycles. The average molecular weight is 480 g/mol. The molecule has 149 valence electrons. The van der Waals surface area contributed by atoms with E-state index in [1.807, 2.05) is 30.3 Å².